The van der Waals surface area contributed by atoms with E-state index >= 15 is 0 Å². The number of carbonyl (C=O) groups is 1. The Morgan fingerprint density at radius 3 is 2.35 bits per heavy atom. The quantitative estimate of drug-likeness (QED) is 0.337. The summed E-state index contributed by atoms with van der Waals surface area (Å²) < 4.78 is 33.1. The van der Waals surface area contributed by atoms with Crippen LogP contribution in [-0.2, 0) is 9.47 Å². The molecule has 3 aliphatic heterocycles. The number of hydrogen-bond donors (Lipinski definition) is 0. The molecule has 2 saturated heterocycles. The fourth-order valence-corrected chi connectivity index (χ4v) is 6.92. The molecule has 6 atom stereocenters. The van der Waals surface area contributed by atoms with Crippen LogP contribution < -0.4 is 0 Å². The van der Waals surface area contributed by atoms with Crippen molar-refractivity contribution in [3.05, 3.63) is 64.9 Å². The summed E-state index contributed by atoms with van der Waals surface area (Å²) in [6.07, 6.45) is 8.84. The third-order valence-corrected chi connectivity index (χ3v) is 9.40. The first-order valence-electron chi connectivity index (χ1n) is 15.1. The third kappa shape index (κ3) is 5.67. The number of carbonyl (C=O) groups excluding carboxylic acids is 1. The van der Waals surface area contributed by atoms with Crippen LogP contribution in [-0.4, -0.2) is 44.3 Å². The van der Waals surface area contributed by atoms with Gasteiger partial charge in [-0.05, 0) is 59.8 Å². The molecule has 1 saturated carbocycles. The molecular formula is C34H43F2NO3. The molecule has 1 aromatic rings. The van der Waals surface area contributed by atoms with Crippen LogP contribution in [0.4, 0.5) is 8.78 Å². The average Bonchev–Trinajstić information content (AvgIpc) is 3.70. The summed E-state index contributed by atoms with van der Waals surface area (Å²) in [5.41, 5.74) is 7.50. The first-order valence-corrected chi connectivity index (χ1v) is 15.1. The van der Waals surface area contributed by atoms with Crippen molar-refractivity contribution >= 4 is 17.1 Å². The predicted octanol–water partition coefficient (Wildman–Crippen LogP) is 7.95. The summed E-state index contributed by atoms with van der Waals surface area (Å²) >= 11 is 0. The van der Waals surface area contributed by atoms with Gasteiger partial charge in [0.2, 0.25) is 6.43 Å². The highest BCUT2D eigenvalue weighted by Gasteiger charge is 2.61. The molecule has 216 valence electrons. The number of halogens is 2. The minimum absolute atomic E-state index is 0.0278. The molecule has 0 aromatic heterocycles. The molecule has 4 unspecified atom stereocenters. The van der Waals surface area contributed by atoms with E-state index < -0.39 is 6.43 Å². The zero-order valence-corrected chi connectivity index (χ0v) is 24.3. The van der Waals surface area contributed by atoms with E-state index in [0.29, 0.717) is 36.0 Å². The van der Waals surface area contributed by atoms with Crippen molar-refractivity contribution in [1.29, 1.82) is 0 Å². The second kappa shape index (κ2) is 12.2. The van der Waals surface area contributed by atoms with Gasteiger partial charge in [-0.25, -0.2) is 8.78 Å². The highest BCUT2D eigenvalue weighted by molar-refractivity contribution is 6.08. The molecule has 0 N–H and O–H groups in total. The summed E-state index contributed by atoms with van der Waals surface area (Å²) in [6, 6.07) is 8.26. The Bertz CT molecular complexity index is 1230. The Labute approximate surface area is 237 Å². The van der Waals surface area contributed by atoms with Gasteiger partial charge in [0.1, 0.15) is 0 Å². The van der Waals surface area contributed by atoms with Crippen LogP contribution in [0.2, 0.25) is 0 Å². The molecule has 6 rings (SSSR count). The van der Waals surface area contributed by atoms with Gasteiger partial charge in [-0.15, -0.1) is 0 Å². The summed E-state index contributed by atoms with van der Waals surface area (Å²) in [5.74, 6) is 2.55. The van der Waals surface area contributed by atoms with Gasteiger partial charge < -0.3 is 9.47 Å². The fraction of sp³-hybridized carbons (Fsp3) is 0.588. The normalized spacial score (nSPS) is 32.8. The molecule has 1 spiro atoms. The van der Waals surface area contributed by atoms with Crippen molar-refractivity contribution in [2.45, 2.75) is 66.2 Å². The molecule has 3 fully saturated rings. The second-order valence-electron chi connectivity index (χ2n) is 12.1. The SMILES string of the molecule is CCC(=O)c1cccc(C2=CC=C3C(C4CCOC[C@@H]4C)=NC(C4CCOC[C@@H]4C)=CC34CC24)c1.CCC(F)F. The maximum atomic E-state index is 12.4. The van der Waals surface area contributed by atoms with Crippen LogP contribution in [0.3, 0.4) is 0 Å². The smallest absolute Gasteiger partial charge is 0.238 e. The van der Waals surface area contributed by atoms with Crippen LogP contribution in [0.5, 0.6) is 0 Å². The first-order chi connectivity index (χ1) is 19.3. The Morgan fingerprint density at radius 1 is 1.05 bits per heavy atom. The highest BCUT2D eigenvalue weighted by Crippen LogP contribution is 2.68. The Morgan fingerprint density at radius 2 is 1.73 bits per heavy atom. The van der Waals surface area contributed by atoms with E-state index in [-0.39, 0.29) is 17.6 Å². The summed E-state index contributed by atoms with van der Waals surface area (Å²) in [5, 5.41) is 0. The largest absolute Gasteiger partial charge is 0.381 e. The lowest BCUT2D eigenvalue weighted by molar-refractivity contribution is 0.0344. The minimum atomic E-state index is -2.12. The van der Waals surface area contributed by atoms with Gasteiger partial charge in [0.15, 0.2) is 5.78 Å². The van der Waals surface area contributed by atoms with Gasteiger partial charge in [0, 0.05) is 73.5 Å². The van der Waals surface area contributed by atoms with E-state index in [1.165, 1.54) is 35.0 Å². The highest BCUT2D eigenvalue weighted by atomic mass is 19.3. The maximum Gasteiger partial charge on any atom is 0.238 e. The van der Waals surface area contributed by atoms with Crippen LogP contribution in [0.15, 0.2) is 58.8 Å². The van der Waals surface area contributed by atoms with E-state index in [2.05, 4.69) is 44.2 Å². The van der Waals surface area contributed by atoms with Gasteiger partial charge in [-0.2, -0.15) is 0 Å². The van der Waals surface area contributed by atoms with Crippen molar-refractivity contribution in [2.75, 3.05) is 26.4 Å². The van der Waals surface area contributed by atoms with Crippen molar-refractivity contribution in [1.82, 2.24) is 0 Å². The molecule has 3 heterocycles. The topological polar surface area (TPSA) is 47.9 Å². The van der Waals surface area contributed by atoms with Crippen LogP contribution in [0, 0.1) is 35.0 Å². The summed E-state index contributed by atoms with van der Waals surface area (Å²) in [4.78, 5) is 17.8. The number of nitrogens with zero attached hydrogens (tertiary/aromatic N) is 1. The van der Waals surface area contributed by atoms with E-state index in [1.54, 1.807) is 0 Å². The lowest BCUT2D eigenvalue weighted by Gasteiger charge is -2.39. The van der Waals surface area contributed by atoms with Gasteiger partial charge in [0.25, 0.3) is 0 Å². The maximum absolute atomic E-state index is 12.4. The Balaban J connectivity index is 0.000000595. The molecular weight excluding hydrogens is 508 g/mol. The molecule has 5 aliphatic rings. The standard InChI is InChI=1S/C31H37NO3.C3H6F2/c1-4-29(33)22-7-5-6-21(14-22)25-8-9-26-30(24-11-13-35-18-20(24)3)32-28(16-31(26)15-27(25)31)23-10-12-34-17-19(23)2;1-2-3(4)5/h5-9,14,16,19-20,23-24,27H,4,10-13,15,17-18H2,1-3H3;3H,2H2,1H3/t19-,20-,23?,24?,27?,31?;/m0./s1. The Kier molecular flexibility index (Phi) is 8.86. The zero-order valence-electron chi connectivity index (χ0n) is 24.3. The zero-order chi connectivity index (χ0) is 28.4. The molecule has 0 radical (unpaired) electrons. The number of alkyl halides is 2. The lowest BCUT2D eigenvalue weighted by Crippen LogP contribution is -2.37. The van der Waals surface area contributed by atoms with Crippen LogP contribution in [0.25, 0.3) is 5.57 Å². The predicted molar refractivity (Wildman–Crippen MR) is 156 cm³/mol. The van der Waals surface area contributed by atoms with Crippen molar-refractivity contribution in [2.24, 2.45) is 40.0 Å². The molecule has 40 heavy (non-hydrogen) atoms. The molecule has 4 nitrogen and oxygen atoms in total. The number of allylic oxidation sites excluding steroid dienone is 6. The lowest BCUT2D eigenvalue weighted by atomic mass is 9.71. The number of Topliss-reactive ketones (excluding diaryl/α,β-unsaturated/α-hetero) is 1. The second-order valence-corrected chi connectivity index (χ2v) is 12.1. The summed E-state index contributed by atoms with van der Waals surface area (Å²) in [7, 11) is 0. The number of ketones is 1. The number of rotatable bonds is 6. The van der Waals surface area contributed by atoms with Crippen molar-refractivity contribution in [3.63, 3.8) is 0 Å². The van der Waals surface area contributed by atoms with Crippen LogP contribution in [0.1, 0.15) is 75.7 Å². The van der Waals surface area contributed by atoms with Crippen molar-refractivity contribution in [3.8, 4) is 0 Å². The third-order valence-electron chi connectivity index (χ3n) is 9.40. The number of hydrogen-bond acceptors (Lipinski definition) is 4. The Hall–Kier alpha value is -2.44. The molecule has 6 heteroatoms. The first kappa shape index (κ1) is 29.1. The molecule has 0 bridgehead atoms. The van der Waals surface area contributed by atoms with E-state index in [1.807, 2.05) is 19.1 Å². The number of aliphatic imine (C=N–C) groups is 1. The van der Waals surface area contributed by atoms with Gasteiger partial charge in [-0.3, -0.25) is 9.79 Å². The monoisotopic (exact) mass is 551 g/mol. The average molecular weight is 552 g/mol. The van der Waals surface area contributed by atoms with E-state index in [0.717, 1.165) is 51.3 Å². The number of ether oxygens (including phenoxy) is 2. The van der Waals surface area contributed by atoms with Gasteiger partial charge in [-0.1, -0.05) is 64.1 Å². The van der Waals surface area contributed by atoms with Gasteiger partial charge in [0.05, 0.1) is 0 Å². The molecule has 0 amide bonds. The molecule has 2 aliphatic carbocycles. The van der Waals surface area contributed by atoms with Crippen LogP contribution >= 0.6 is 0 Å². The fourth-order valence-electron chi connectivity index (χ4n) is 6.92. The molecule has 1 aromatic carbocycles. The van der Waals surface area contributed by atoms with Gasteiger partial charge >= 0.3 is 0 Å². The van der Waals surface area contributed by atoms with Crippen molar-refractivity contribution < 1.29 is 23.0 Å². The van der Waals surface area contributed by atoms with E-state index in [4.69, 9.17) is 14.5 Å². The summed E-state index contributed by atoms with van der Waals surface area (Å²) in [6.45, 7) is 11.3. The van der Waals surface area contributed by atoms with E-state index in [9.17, 15) is 13.6 Å². The number of benzene rings is 1. The minimum Gasteiger partial charge on any atom is -0.381 e.